The molecule has 0 spiro atoms. The summed E-state index contributed by atoms with van der Waals surface area (Å²) in [5.74, 6) is -1.03. The van der Waals surface area contributed by atoms with Crippen LogP contribution >= 0.6 is 31.9 Å². The summed E-state index contributed by atoms with van der Waals surface area (Å²) >= 11 is 6.54. The quantitative estimate of drug-likeness (QED) is 0.745. The van der Waals surface area contributed by atoms with Gasteiger partial charge in [-0.05, 0) is 56.1 Å². The number of nitrogens with zero attached hydrogens (tertiary/aromatic N) is 3. The number of benzene rings is 1. The summed E-state index contributed by atoms with van der Waals surface area (Å²) in [7, 11) is 0. The molecule has 0 unspecified atom stereocenters. The molecule has 2 rings (SSSR count). The third-order valence-electron chi connectivity index (χ3n) is 2.25. The predicted molar refractivity (Wildman–Crippen MR) is 78.9 cm³/mol. The standard InChI is InChI=1S/C12H7Br2N3O3/c13-6-3-9(14)11(15-5-6)17-16-10-2-1-7(18)4-8(10)12(19)20/h1-5,18H,(H,19,20). The van der Waals surface area contributed by atoms with E-state index in [1.807, 2.05) is 0 Å². The summed E-state index contributed by atoms with van der Waals surface area (Å²) in [6, 6.07) is 5.57. The van der Waals surface area contributed by atoms with Crippen molar-refractivity contribution in [3.63, 3.8) is 0 Å². The first-order valence-electron chi connectivity index (χ1n) is 5.26. The second kappa shape index (κ2) is 6.10. The van der Waals surface area contributed by atoms with Crippen molar-refractivity contribution in [1.82, 2.24) is 4.98 Å². The monoisotopic (exact) mass is 399 g/mol. The average molecular weight is 401 g/mol. The van der Waals surface area contributed by atoms with Gasteiger partial charge < -0.3 is 10.2 Å². The minimum absolute atomic E-state index is 0.131. The van der Waals surface area contributed by atoms with E-state index in [0.717, 1.165) is 10.5 Å². The molecule has 0 aliphatic rings. The van der Waals surface area contributed by atoms with Crippen LogP contribution in [0.2, 0.25) is 0 Å². The zero-order valence-electron chi connectivity index (χ0n) is 9.79. The fraction of sp³-hybridized carbons (Fsp3) is 0. The Labute approximate surface area is 130 Å². The van der Waals surface area contributed by atoms with E-state index >= 15 is 0 Å². The summed E-state index contributed by atoms with van der Waals surface area (Å²) in [5, 5.41) is 26.1. The topological polar surface area (TPSA) is 95.1 Å². The van der Waals surface area contributed by atoms with E-state index in [1.165, 1.54) is 12.1 Å². The molecule has 0 atom stereocenters. The predicted octanol–water partition coefficient (Wildman–Crippen LogP) is 4.43. The van der Waals surface area contributed by atoms with Gasteiger partial charge >= 0.3 is 5.97 Å². The molecule has 102 valence electrons. The summed E-state index contributed by atoms with van der Waals surface area (Å²) < 4.78 is 1.39. The van der Waals surface area contributed by atoms with Crippen LogP contribution in [-0.2, 0) is 0 Å². The molecule has 0 aliphatic carbocycles. The van der Waals surface area contributed by atoms with Crippen molar-refractivity contribution in [2.45, 2.75) is 0 Å². The molecule has 2 aromatic rings. The zero-order chi connectivity index (χ0) is 14.7. The van der Waals surface area contributed by atoms with Crippen LogP contribution in [0.15, 0.2) is 49.6 Å². The number of azo groups is 1. The number of hydrogen-bond donors (Lipinski definition) is 2. The summed E-state index contributed by atoms with van der Waals surface area (Å²) in [4.78, 5) is 15.1. The molecule has 0 saturated carbocycles. The van der Waals surface area contributed by atoms with Crippen molar-refractivity contribution in [2.75, 3.05) is 0 Å². The highest BCUT2D eigenvalue weighted by atomic mass is 79.9. The average Bonchev–Trinajstić information content (AvgIpc) is 2.38. The van der Waals surface area contributed by atoms with Crippen molar-refractivity contribution in [3.05, 3.63) is 45.0 Å². The summed E-state index contributed by atoms with van der Waals surface area (Å²) in [6.45, 7) is 0. The molecule has 1 aromatic heterocycles. The lowest BCUT2D eigenvalue weighted by Gasteiger charge is -2.01. The smallest absolute Gasteiger partial charge is 0.338 e. The molecule has 8 heteroatoms. The van der Waals surface area contributed by atoms with Gasteiger partial charge in [-0.15, -0.1) is 10.2 Å². The van der Waals surface area contributed by atoms with Crippen molar-refractivity contribution in [3.8, 4) is 5.75 Å². The SMILES string of the molecule is O=C(O)c1cc(O)ccc1N=Nc1ncc(Br)cc1Br. The van der Waals surface area contributed by atoms with Crippen molar-refractivity contribution < 1.29 is 15.0 Å². The highest BCUT2D eigenvalue weighted by Gasteiger charge is 2.11. The third kappa shape index (κ3) is 3.40. The van der Waals surface area contributed by atoms with E-state index in [0.29, 0.717) is 10.3 Å². The van der Waals surface area contributed by atoms with Gasteiger partial charge in [-0.3, -0.25) is 0 Å². The van der Waals surface area contributed by atoms with Crippen LogP contribution in [0, 0.1) is 0 Å². The number of pyridine rings is 1. The number of hydrogen-bond acceptors (Lipinski definition) is 5. The second-order valence-electron chi connectivity index (χ2n) is 3.67. The van der Waals surface area contributed by atoms with Gasteiger partial charge in [0.2, 0.25) is 0 Å². The number of aromatic nitrogens is 1. The Morgan fingerprint density at radius 1 is 1.20 bits per heavy atom. The van der Waals surface area contributed by atoms with E-state index in [-0.39, 0.29) is 17.0 Å². The van der Waals surface area contributed by atoms with E-state index in [9.17, 15) is 9.90 Å². The van der Waals surface area contributed by atoms with E-state index in [2.05, 4.69) is 47.1 Å². The molecule has 0 fully saturated rings. The number of aromatic hydroxyl groups is 1. The Morgan fingerprint density at radius 2 is 1.95 bits per heavy atom. The van der Waals surface area contributed by atoms with Gasteiger partial charge in [-0.2, -0.15) is 0 Å². The Kier molecular flexibility index (Phi) is 4.46. The van der Waals surface area contributed by atoms with Crippen molar-refractivity contribution >= 4 is 49.3 Å². The Morgan fingerprint density at radius 3 is 2.60 bits per heavy atom. The Hall–Kier alpha value is -1.80. The Bertz CT molecular complexity index is 704. The lowest BCUT2D eigenvalue weighted by atomic mass is 10.2. The van der Waals surface area contributed by atoms with Gasteiger partial charge in [-0.1, -0.05) is 0 Å². The first kappa shape index (κ1) is 14.6. The fourth-order valence-corrected chi connectivity index (χ4v) is 2.43. The Balaban J connectivity index is 2.38. The maximum absolute atomic E-state index is 11.1. The first-order chi connectivity index (χ1) is 9.47. The largest absolute Gasteiger partial charge is 0.508 e. The minimum Gasteiger partial charge on any atom is -0.508 e. The third-order valence-corrected chi connectivity index (χ3v) is 3.27. The number of aromatic carboxylic acids is 1. The molecule has 1 aromatic carbocycles. The van der Waals surface area contributed by atoms with Gasteiger partial charge in [0.25, 0.3) is 0 Å². The number of carboxylic acids is 1. The minimum atomic E-state index is -1.20. The summed E-state index contributed by atoms with van der Waals surface area (Å²) in [5.41, 5.74) is -0.00565. The molecule has 0 aliphatic heterocycles. The lowest BCUT2D eigenvalue weighted by Crippen LogP contribution is -1.95. The maximum Gasteiger partial charge on any atom is 0.338 e. The zero-order valence-corrected chi connectivity index (χ0v) is 13.0. The number of carbonyl (C=O) groups is 1. The molecule has 2 N–H and O–H groups in total. The number of halogens is 2. The van der Waals surface area contributed by atoms with Gasteiger partial charge in [0.1, 0.15) is 11.4 Å². The molecule has 0 radical (unpaired) electrons. The highest BCUT2D eigenvalue weighted by Crippen LogP contribution is 2.29. The molecule has 0 bridgehead atoms. The highest BCUT2D eigenvalue weighted by molar-refractivity contribution is 9.11. The molecule has 0 saturated heterocycles. The van der Waals surface area contributed by atoms with Gasteiger partial charge in [0.15, 0.2) is 5.82 Å². The van der Waals surface area contributed by atoms with E-state index in [1.54, 1.807) is 12.3 Å². The number of phenols is 1. The summed E-state index contributed by atoms with van der Waals surface area (Å²) in [6.07, 6.45) is 1.55. The lowest BCUT2D eigenvalue weighted by molar-refractivity contribution is 0.0697. The van der Waals surface area contributed by atoms with Crippen molar-refractivity contribution in [2.24, 2.45) is 10.2 Å². The molecule has 0 amide bonds. The van der Waals surface area contributed by atoms with Crippen LogP contribution in [0.25, 0.3) is 0 Å². The van der Waals surface area contributed by atoms with E-state index in [4.69, 9.17) is 5.11 Å². The fourth-order valence-electron chi connectivity index (χ4n) is 1.36. The molecular weight excluding hydrogens is 394 g/mol. The van der Waals surface area contributed by atoms with Crippen LogP contribution < -0.4 is 0 Å². The maximum atomic E-state index is 11.1. The van der Waals surface area contributed by atoms with E-state index < -0.39 is 5.97 Å². The van der Waals surface area contributed by atoms with Crippen molar-refractivity contribution in [1.29, 1.82) is 0 Å². The normalized spacial score (nSPS) is 10.9. The van der Waals surface area contributed by atoms with Gasteiger partial charge in [-0.25, -0.2) is 9.78 Å². The molecule has 1 heterocycles. The van der Waals surface area contributed by atoms with Crippen LogP contribution in [0.4, 0.5) is 11.5 Å². The number of carboxylic acid groups (broad SMARTS) is 1. The van der Waals surface area contributed by atoms with Gasteiger partial charge in [0, 0.05) is 10.7 Å². The molecule has 6 nitrogen and oxygen atoms in total. The van der Waals surface area contributed by atoms with Crippen LogP contribution in [0.1, 0.15) is 10.4 Å². The molecule has 20 heavy (non-hydrogen) atoms. The number of phenolic OH excluding ortho intramolecular Hbond substituents is 1. The number of rotatable bonds is 3. The second-order valence-corrected chi connectivity index (χ2v) is 5.44. The first-order valence-corrected chi connectivity index (χ1v) is 6.85. The van der Waals surface area contributed by atoms with Crippen LogP contribution in [-0.4, -0.2) is 21.2 Å². The van der Waals surface area contributed by atoms with Crippen LogP contribution in [0.3, 0.4) is 0 Å². The molecular formula is C12H7Br2N3O3. The van der Waals surface area contributed by atoms with Gasteiger partial charge in [0.05, 0.1) is 10.0 Å². The van der Waals surface area contributed by atoms with Crippen LogP contribution in [0.5, 0.6) is 5.75 Å².